The van der Waals surface area contributed by atoms with E-state index >= 15 is 0 Å². The smallest absolute Gasteiger partial charge is 0.136 e. The van der Waals surface area contributed by atoms with Crippen molar-refractivity contribution in [3.05, 3.63) is 22.2 Å². The highest BCUT2D eigenvalue weighted by Gasteiger charge is 2.10. The zero-order valence-corrected chi connectivity index (χ0v) is 9.55. The monoisotopic (exact) mass is 244 g/mol. The lowest BCUT2D eigenvalue weighted by Gasteiger charge is -2.11. The maximum atomic E-state index is 9.62. The van der Waals surface area contributed by atoms with Crippen molar-refractivity contribution in [2.75, 3.05) is 7.11 Å². The van der Waals surface area contributed by atoms with E-state index < -0.39 is 0 Å². The quantitative estimate of drug-likeness (QED) is 0.866. The van der Waals surface area contributed by atoms with E-state index in [4.69, 9.17) is 4.74 Å². The maximum absolute atomic E-state index is 9.62. The predicted octanol–water partition coefficient (Wildman–Crippen LogP) is 3.29. The Morgan fingerprint density at radius 1 is 1.38 bits per heavy atom. The van der Waals surface area contributed by atoms with Crippen LogP contribution in [0.2, 0.25) is 0 Å². The van der Waals surface area contributed by atoms with Crippen LogP contribution in [0.3, 0.4) is 0 Å². The minimum atomic E-state index is 0.287. The minimum absolute atomic E-state index is 0.287. The van der Waals surface area contributed by atoms with Crippen molar-refractivity contribution in [1.82, 2.24) is 0 Å². The summed E-state index contributed by atoms with van der Waals surface area (Å²) < 4.78 is 5.93. The highest BCUT2D eigenvalue weighted by molar-refractivity contribution is 9.10. The molecule has 0 radical (unpaired) electrons. The lowest BCUT2D eigenvalue weighted by Crippen LogP contribution is -1.91. The molecule has 0 aliphatic carbocycles. The average molecular weight is 245 g/mol. The van der Waals surface area contributed by atoms with E-state index in [1.54, 1.807) is 13.2 Å². The molecule has 0 heterocycles. The Morgan fingerprint density at radius 2 is 2.00 bits per heavy atom. The van der Waals surface area contributed by atoms with Gasteiger partial charge in [0.05, 0.1) is 11.6 Å². The van der Waals surface area contributed by atoms with Gasteiger partial charge in [-0.05, 0) is 33.5 Å². The Hall–Kier alpha value is -0.700. The molecule has 1 aromatic carbocycles. The summed E-state index contributed by atoms with van der Waals surface area (Å²) in [5.41, 5.74) is 0.924. The summed E-state index contributed by atoms with van der Waals surface area (Å²) in [5.74, 6) is 1.25. The van der Waals surface area contributed by atoms with Gasteiger partial charge in [0.2, 0.25) is 0 Å². The molecule has 0 spiro atoms. The second-order valence-electron chi connectivity index (χ2n) is 3.20. The SMILES string of the molecule is COc1cc(O)c(C(C)C)cc1Br. The molecule has 0 aliphatic heterocycles. The normalized spacial score (nSPS) is 10.5. The summed E-state index contributed by atoms with van der Waals surface area (Å²) in [6.07, 6.45) is 0. The molecule has 0 saturated heterocycles. The number of hydrogen-bond donors (Lipinski definition) is 1. The Labute approximate surface area is 86.7 Å². The van der Waals surface area contributed by atoms with Gasteiger partial charge in [0.1, 0.15) is 11.5 Å². The van der Waals surface area contributed by atoms with Crippen molar-refractivity contribution in [1.29, 1.82) is 0 Å². The molecule has 0 fully saturated rings. The first-order valence-corrected chi connectivity index (χ1v) is 4.92. The van der Waals surface area contributed by atoms with E-state index in [1.165, 1.54) is 0 Å². The molecule has 3 heteroatoms. The first-order chi connectivity index (χ1) is 6.06. The molecule has 0 unspecified atom stereocenters. The highest BCUT2D eigenvalue weighted by atomic mass is 79.9. The molecule has 13 heavy (non-hydrogen) atoms. The van der Waals surface area contributed by atoms with E-state index in [1.807, 2.05) is 19.9 Å². The van der Waals surface area contributed by atoms with Gasteiger partial charge in [0.15, 0.2) is 0 Å². The van der Waals surface area contributed by atoms with Crippen molar-refractivity contribution >= 4 is 15.9 Å². The van der Waals surface area contributed by atoms with Crippen LogP contribution in [0.4, 0.5) is 0 Å². The Bertz CT molecular complexity index is 308. The van der Waals surface area contributed by atoms with Gasteiger partial charge >= 0.3 is 0 Å². The minimum Gasteiger partial charge on any atom is -0.508 e. The van der Waals surface area contributed by atoms with Gasteiger partial charge in [0, 0.05) is 6.07 Å². The lowest BCUT2D eigenvalue weighted by molar-refractivity contribution is 0.403. The van der Waals surface area contributed by atoms with Crippen LogP contribution in [0.5, 0.6) is 11.5 Å². The Balaban J connectivity index is 3.20. The third-order valence-corrected chi connectivity index (χ3v) is 2.54. The van der Waals surface area contributed by atoms with Crippen LogP contribution < -0.4 is 4.74 Å². The number of rotatable bonds is 2. The molecular weight excluding hydrogens is 232 g/mol. The summed E-state index contributed by atoms with van der Waals surface area (Å²) in [5, 5.41) is 9.62. The molecule has 2 nitrogen and oxygen atoms in total. The first kappa shape index (κ1) is 10.4. The standard InChI is InChI=1S/C10H13BrO2/c1-6(2)7-4-8(11)10(13-3)5-9(7)12/h4-6,12H,1-3H3. The van der Waals surface area contributed by atoms with Crippen LogP contribution in [-0.2, 0) is 0 Å². The van der Waals surface area contributed by atoms with Gasteiger partial charge < -0.3 is 9.84 Å². The number of hydrogen-bond acceptors (Lipinski definition) is 2. The van der Waals surface area contributed by atoms with Gasteiger partial charge in [-0.3, -0.25) is 0 Å². The molecule has 1 aromatic rings. The average Bonchev–Trinajstić information content (AvgIpc) is 2.07. The second kappa shape index (κ2) is 4.01. The zero-order chi connectivity index (χ0) is 10.0. The largest absolute Gasteiger partial charge is 0.508 e. The van der Waals surface area contributed by atoms with Crippen LogP contribution >= 0.6 is 15.9 Å². The number of phenolic OH excluding ortho intramolecular Hbond substituents is 1. The van der Waals surface area contributed by atoms with Crippen molar-refractivity contribution in [3.63, 3.8) is 0 Å². The van der Waals surface area contributed by atoms with Crippen LogP contribution in [0, 0.1) is 0 Å². The molecule has 72 valence electrons. The fraction of sp³-hybridized carbons (Fsp3) is 0.400. The highest BCUT2D eigenvalue weighted by Crippen LogP contribution is 2.35. The number of halogens is 1. The number of benzene rings is 1. The van der Waals surface area contributed by atoms with E-state index in [0.29, 0.717) is 11.7 Å². The van der Waals surface area contributed by atoms with Gasteiger partial charge in [-0.1, -0.05) is 13.8 Å². The maximum Gasteiger partial charge on any atom is 0.136 e. The molecule has 0 amide bonds. The summed E-state index contributed by atoms with van der Waals surface area (Å²) >= 11 is 3.37. The summed E-state index contributed by atoms with van der Waals surface area (Å²) in [6.45, 7) is 4.07. The molecule has 1 rings (SSSR count). The summed E-state index contributed by atoms with van der Waals surface area (Å²) in [4.78, 5) is 0. The van der Waals surface area contributed by atoms with E-state index in [9.17, 15) is 5.11 Å². The first-order valence-electron chi connectivity index (χ1n) is 4.12. The lowest BCUT2D eigenvalue weighted by atomic mass is 10.0. The second-order valence-corrected chi connectivity index (χ2v) is 4.05. The van der Waals surface area contributed by atoms with Gasteiger partial charge in [-0.2, -0.15) is 0 Å². The van der Waals surface area contributed by atoms with E-state index in [-0.39, 0.29) is 5.75 Å². The van der Waals surface area contributed by atoms with E-state index in [2.05, 4.69) is 15.9 Å². The van der Waals surface area contributed by atoms with Crippen molar-refractivity contribution in [2.24, 2.45) is 0 Å². The third-order valence-electron chi connectivity index (χ3n) is 1.92. The fourth-order valence-corrected chi connectivity index (χ4v) is 1.70. The molecule has 0 bridgehead atoms. The Kier molecular flexibility index (Phi) is 3.20. The molecule has 0 aromatic heterocycles. The van der Waals surface area contributed by atoms with Gasteiger partial charge in [-0.15, -0.1) is 0 Å². The van der Waals surface area contributed by atoms with Crippen molar-refractivity contribution < 1.29 is 9.84 Å². The third kappa shape index (κ3) is 2.15. The van der Waals surface area contributed by atoms with Crippen LogP contribution in [0.1, 0.15) is 25.3 Å². The summed E-state index contributed by atoms with van der Waals surface area (Å²) in [7, 11) is 1.58. The van der Waals surface area contributed by atoms with Crippen LogP contribution in [0.25, 0.3) is 0 Å². The summed E-state index contributed by atoms with van der Waals surface area (Å²) in [6, 6.07) is 3.51. The number of methoxy groups -OCH3 is 1. The topological polar surface area (TPSA) is 29.5 Å². The molecule has 0 aliphatic rings. The van der Waals surface area contributed by atoms with Crippen molar-refractivity contribution in [3.8, 4) is 11.5 Å². The van der Waals surface area contributed by atoms with Crippen LogP contribution in [-0.4, -0.2) is 12.2 Å². The molecule has 0 atom stereocenters. The molecule has 0 saturated carbocycles. The van der Waals surface area contributed by atoms with Gasteiger partial charge in [-0.25, -0.2) is 0 Å². The van der Waals surface area contributed by atoms with E-state index in [0.717, 1.165) is 10.0 Å². The number of phenols is 1. The van der Waals surface area contributed by atoms with Crippen molar-refractivity contribution in [2.45, 2.75) is 19.8 Å². The number of ether oxygens (including phenoxy) is 1. The zero-order valence-electron chi connectivity index (χ0n) is 7.97. The van der Waals surface area contributed by atoms with Crippen LogP contribution in [0.15, 0.2) is 16.6 Å². The Morgan fingerprint density at radius 3 is 2.46 bits per heavy atom. The van der Waals surface area contributed by atoms with Gasteiger partial charge in [0.25, 0.3) is 0 Å². The molecular formula is C10H13BrO2. The number of aromatic hydroxyl groups is 1. The fourth-order valence-electron chi connectivity index (χ4n) is 1.18. The predicted molar refractivity (Wildman–Crippen MR) is 56.4 cm³/mol. The molecule has 1 N–H and O–H groups in total.